The number of rotatable bonds is 1. The monoisotopic (exact) mass is 131 g/mol. The van der Waals surface area contributed by atoms with E-state index in [1.54, 1.807) is 13.2 Å². The van der Waals surface area contributed by atoms with Gasteiger partial charge in [-0.2, -0.15) is 5.10 Å². The van der Waals surface area contributed by atoms with Crippen LogP contribution in [-0.2, 0) is 0 Å². The molecule has 1 aromatic rings. The Hall–Kier alpha value is -0.700. The molecule has 0 aliphatic rings. The fourth-order valence-electron chi connectivity index (χ4n) is 0.447. The molecule has 2 N–H and O–H groups in total. The second kappa shape index (κ2) is 2.05. The Balaban J connectivity index is 2.92. The summed E-state index contributed by atoms with van der Waals surface area (Å²) in [4.78, 5) is 0. The molecule has 1 aromatic heterocycles. The highest BCUT2D eigenvalue weighted by molar-refractivity contribution is 6.32. The number of nitrogens with one attached hydrogen (secondary N) is 2. The Labute approximate surface area is 52.0 Å². The first-order chi connectivity index (χ1) is 3.84. The van der Waals surface area contributed by atoms with Crippen molar-refractivity contribution in [3.63, 3.8) is 0 Å². The van der Waals surface area contributed by atoms with E-state index in [-0.39, 0.29) is 0 Å². The van der Waals surface area contributed by atoms with E-state index in [1.807, 2.05) is 0 Å². The molecular formula is C4H6ClN3. The summed E-state index contributed by atoms with van der Waals surface area (Å²) < 4.78 is 0. The van der Waals surface area contributed by atoms with Crippen molar-refractivity contribution in [1.82, 2.24) is 10.2 Å². The maximum Gasteiger partial charge on any atom is 0.140 e. The van der Waals surface area contributed by atoms with Crippen molar-refractivity contribution < 1.29 is 0 Å². The minimum atomic E-state index is 0.618. The van der Waals surface area contributed by atoms with Crippen molar-refractivity contribution in [2.75, 3.05) is 12.4 Å². The highest BCUT2D eigenvalue weighted by Gasteiger charge is 1.94. The zero-order valence-electron chi connectivity index (χ0n) is 4.40. The van der Waals surface area contributed by atoms with Crippen LogP contribution in [0.25, 0.3) is 0 Å². The fraction of sp³-hybridized carbons (Fsp3) is 0.250. The van der Waals surface area contributed by atoms with E-state index in [0.29, 0.717) is 5.02 Å². The standard InChI is InChI=1S/C4H6ClN3/c1-6-4-3(5)2-7-8-4/h2H,1H3,(H2,6,7,8). The number of H-pyrrole nitrogens is 1. The van der Waals surface area contributed by atoms with E-state index in [0.717, 1.165) is 5.82 Å². The van der Waals surface area contributed by atoms with Gasteiger partial charge in [-0.3, -0.25) is 5.10 Å². The van der Waals surface area contributed by atoms with E-state index in [4.69, 9.17) is 11.6 Å². The Bertz CT molecular complexity index is 172. The first-order valence-electron chi connectivity index (χ1n) is 2.21. The van der Waals surface area contributed by atoms with E-state index >= 15 is 0 Å². The van der Waals surface area contributed by atoms with Gasteiger partial charge < -0.3 is 5.32 Å². The molecule has 44 valence electrons. The number of aromatic nitrogens is 2. The molecular weight excluding hydrogens is 126 g/mol. The number of halogens is 1. The molecule has 0 aromatic carbocycles. The van der Waals surface area contributed by atoms with Crippen LogP contribution in [0.3, 0.4) is 0 Å². The Morgan fingerprint density at radius 2 is 2.62 bits per heavy atom. The van der Waals surface area contributed by atoms with Gasteiger partial charge in [0.05, 0.1) is 6.20 Å². The molecule has 0 aliphatic heterocycles. The van der Waals surface area contributed by atoms with Crippen LogP contribution >= 0.6 is 11.6 Å². The highest BCUT2D eigenvalue weighted by atomic mass is 35.5. The lowest BCUT2D eigenvalue weighted by molar-refractivity contribution is 1.09. The number of anilines is 1. The molecule has 0 radical (unpaired) electrons. The van der Waals surface area contributed by atoms with Gasteiger partial charge in [-0.15, -0.1) is 0 Å². The average Bonchev–Trinajstić information content (AvgIpc) is 2.14. The van der Waals surface area contributed by atoms with Gasteiger partial charge in [0.25, 0.3) is 0 Å². The summed E-state index contributed by atoms with van der Waals surface area (Å²) in [6.45, 7) is 0. The van der Waals surface area contributed by atoms with Crippen LogP contribution in [0.15, 0.2) is 6.20 Å². The summed E-state index contributed by atoms with van der Waals surface area (Å²) in [6, 6.07) is 0. The summed E-state index contributed by atoms with van der Waals surface area (Å²) in [6.07, 6.45) is 1.55. The molecule has 0 fully saturated rings. The van der Waals surface area contributed by atoms with Crippen molar-refractivity contribution in [3.8, 4) is 0 Å². The van der Waals surface area contributed by atoms with Crippen molar-refractivity contribution in [3.05, 3.63) is 11.2 Å². The quantitative estimate of drug-likeness (QED) is 0.600. The van der Waals surface area contributed by atoms with Gasteiger partial charge >= 0.3 is 0 Å². The predicted molar refractivity (Wildman–Crippen MR) is 33.1 cm³/mol. The van der Waals surface area contributed by atoms with Crippen LogP contribution in [0, 0.1) is 0 Å². The molecule has 0 atom stereocenters. The predicted octanol–water partition coefficient (Wildman–Crippen LogP) is 1.10. The molecule has 1 heterocycles. The maximum atomic E-state index is 5.58. The first-order valence-corrected chi connectivity index (χ1v) is 2.59. The molecule has 0 amide bonds. The second-order valence-corrected chi connectivity index (χ2v) is 1.75. The van der Waals surface area contributed by atoms with Gasteiger partial charge in [0.15, 0.2) is 0 Å². The zero-order chi connectivity index (χ0) is 5.98. The zero-order valence-corrected chi connectivity index (χ0v) is 5.16. The lowest BCUT2D eigenvalue weighted by Gasteiger charge is -1.90. The minimum Gasteiger partial charge on any atom is -0.372 e. The number of hydrogen-bond acceptors (Lipinski definition) is 2. The minimum absolute atomic E-state index is 0.618. The van der Waals surface area contributed by atoms with Gasteiger partial charge in [-0.05, 0) is 0 Å². The third-order valence-corrected chi connectivity index (χ3v) is 1.13. The number of nitrogens with zero attached hydrogens (tertiary/aromatic N) is 1. The topological polar surface area (TPSA) is 40.7 Å². The van der Waals surface area contributed by atoms with E-state index < -0.39 is 0 Å². The summed E-state index contributed by atoms with van der Waals surface area (Å²) in [5.41, 5.74) is 0. The first kappa shape index (κ1) is 5.44. The van der Waals surface area contributed by atoms with E-state index in [1.165, 1.54) is 0 Å². The van der Waals surface area contributed by atoms with Gasteiger partial charge in [-0.25, -0.2) is 0 Å². The Kier molecular flexibility index (Phi) is 1.39. The van der Waals surface area contributed by atoms with Gasteiger partial charge in [-0.1, -0.05) is 11.6 Å². The van der Waals surface area contributed by atoms with Crippen LogP contribution in [0.5, 0.6) is 0 Å². The van der Waals surface area contributed by atoms with Crippen LogP contribution in [0.4, 0.5) is 5.82 Å². The third-order valence-electron chi connectivity index (χ3n) is 0.843. The van der Waals surface area contributed by atoms with Crippen molar-refractivity contribution in [2.45, 2.75) is 0 Å². The Morgan fingerprint density at radius 1 is 1.88 bits per heavy atom. The Morgan fingerprint density at radius 3 is 2.88 bits per heavy atom. The van der Waals surface area contributed by atoms with Gasteiger partial charge in [0, 0.05) is 7.05 Å². The number of hydrogen-bond donors (Lipinski definition) is 2. The largest absolute Gasteiger partial charge is 0.372 e. The lowest BCUT2D eigenvalue weighted by atomic mass is 10.6. The van der Waals surface area contributed by atoms with Gasteiger partial charge in [0.2, 0.25) is 0 Å². The van der Waals surface area contributed by atoms with Crippen molar-refractivity contribution in [2.24, 2.45) is 0 Å². The molecule has 0 unspecified atom stereocenters. The highest BCUT2D eigenvalue weighted by Crippen LogP contribution is 2.15. The molecule has 0 aliphatic carbocycles. The molecule has 3 nitrogen and oxygen atoms in total. The molecule has 1 rings (SSSR count). The molecule has 0 bridgehead atoms. The van der Waals surface area contributed by atoms with Gasteiger partial charge in [0.1, 0.15) is 10.8 Å². The van der Waals surface area contributed by atoms with Crippen LogP contribution < -0.4 is 5.32 Å². The third kappa shape index (κ3) is 0.767. The number of aromatic amines is 1. The fourth-order valence-corrected chi connectivity index (χ4v) is 0.632. The second-order valence-electron chi connectivity index (χ2n) is 1.34. The SMILES string of the molecule is CNc1[nH]ncc1Cl. The lowest BCUT2D eigenvalue weighted by Crippen LogP contribution is -1.87. The normalized spacial score (nSPS) is 9.25. The summed E-state index contributed by atoms with van der Waals surface area (Å²) in [5.74, 6) is 0.756. The smallest absolute Gasteiger partial charge is 0.140 e. The van der Waals surface area contributed by atoms with Crippen molar-refractivity contribution >= 4 is 17.4 Å². The van der Waals surface area contributed by atoms with Crippen LogP contribution in [0.1, 0.15) is 0 Å². The summed E-state index contributed by atoms with van der Waals surface area (Å²) in [5, 5.41) is 9.78. The van der Waals surface area contributed by atoms with Crippen molar-refractivity contribution in [1.29, 1.82) is 0 Å². The molecule has 0 saturated carbocycles. The molecule has 0 saturated heterocycles. The molecule has 0 spiro atoms. The maximum absolute atomic E-state index is 5.58. The van der Waals surface area contributed by atoms with E-state index in [9.17, 15) is 0 Å². The van der Waals surface area contributed by atoms with Crippen LogP contribution in [0.2, 0.25) is 5.02 Å². The average molecular weight is 132 g/mol. The molecule has 4 heteroatoms. The van der Waals surface area contributed by atoms with E-state index in [2.05, 4.69) is 15.5 Å². The summed E-state index contributed by atoms with van der Waals surface area (Å²) in [7, 11) is 1.78. The van der Waals surface area contributed by atoms with Crippen LogP contribution in [-0.4, -0.2) is 17.2 Å². The molecule has 8 heavy (non-hydrogen) atoms. The summed E-state index contributed by atoms with van der Waals surface area (Å²) >= 11 is 5.58.